The number of halogens is 1. The van der Waals surface area contributed by atoms with Crippen LogP contribution in [-0.4, -0.2) is 35.0 Å². The SMILES string of the molecule is O=C(CCc1ccccc1F)NCCN1C(=O)S/C(=C\c2ccccc2)C1=O. The van der Waals surface area contributed by atoms with Crippen molar-refractivity contribution < 1.29 is 18.8 Å². The number of carbonyl (C=O) groups is 3. The molecule has 144 valence electrons. The molecule has 7 heteroatoms. The Hall–Kier alpha value is -2.93. The van der Waals surface area contributed by atoms with Gasteiger partial charge in [0.25, 0.3) is 11.1 Å². The Morgan fingerprint density at radius 3 is 2.54 bits per heavy atom. The molecule has 1 aliphatic rings. The number of hydrogen-bond acceptors (Lipinski definition) is 4. The van der Waals surface area contributed by atoms with Gasteiger partial charge in [-0.25, -0.2) is 4.39 Å². The number of aryl methyl sites for hydroxylation is 1. The number of hydrogen-bond donors (Lipinski definition) is 1. The lowest BCUT2D eigenvalue weighted by Gasteiger charge is -2.13. The number of benzene rings is 2. The molecule has 0 saturated carbocycles. The highest BCUT2D eigenvalue weighted by Gasteiger charge is 2.34. The fourth-order valence-corrected chi connectivity index (χ4v) is 3.60. The second-order valence-corrected chi connectivity index (χ2v) is 7.18. The zero-order valence-electron chi connectivity index (χ0n) is 15.1. The van der Waals surface area contributed by atoms with Crippen LogP contribution in [0.5, 0.6) is 0 Å². The molecule has 1 heterocycles. The maximum absolute atomic E-state index is 13.6. The maximum Gasteiger partial charge on any atom is 0.293 e. The van der Waals surface area contributed by atoms with Gasteiger partial charge in [0.05, 0.1) is 4.91 Å². The zero-order chi connectivity index (χ0) is 19.9. The molecule has 1 N–H and O–H groups in total. The second-order valence-electron chi connectivity index (χ2n) is 6.19. The van der Waals surface area contributed by atoms with Gasteiger partial charge in [-0.05, 0) is 41.5 Å². The van der Waals surface area contributed by atoms with Crippen molar-refractivity contribution in [2.24, 2.45) is 0 Å². The van der Waals surface area contributed by atoms with E-state index in [2.05, 4.69) is 5.32 Å². The van der Waals surface area contributed by atoms with E-state index in [1.165, 1.54) is 6.07 Å². The summed E-state index contributed by atoms with van der Waals surface area (Å²) in [6.07, 6.45) is 2.11. The maximum atomic E-state index is 13.6. The summed E-state index contributed by atoms with van der Waals surface area (Å²) in [6.45, 7) is 0.259. The Morgan fingerprint density at radius 2 is 1.79 bits per heavy atom. The molecule has 1 saturated heterocycles. The number of rotatable bonds is 7. The highest BCUT2D eigenvalue weighted by atomic mass is 32.2. The Labute approximate surface area is 166 Å². The van der Waals surface area contributed by atoms with Gasteiger partial charge in [0.1, 0.15) is 5.82 Å². The minimum atomic E-state index is -0.362. The molecule has 0 bridgehead atoms. The van der Waals surface area contributed by atoms with E-state index in [0.29, 0.717) is 16.9 Å². The minimum Gasteiger partial charge on any atom is -0.354 e. The molecule has 0 unspecified atom stereocenters. The van der Waals surface area contributed by atoms with E-state index in [1.807, 2.05) is 30.3 Å². The van der Waals surface area contributed by atoms with Gasteiger partial charge < -0.3 is 5.32 Å². The van der Waals surface area contributed by atoms with Crippen molar-refractivity contribution in [3.05, 3.63) is 76.4 Å². The van der Waals surface area contributed by atoms with Crippen LogP contribution < -0.4 is 5.32 Å². The number of carbonyl (C=O) groups excluding carboxylic acids is 3. The number of thioether (sulfide) groups is 1. The standard InChI is InChI=1S/C21H19FN2O3S/c22-17-9-5-4-8-16(17)10-11-19(25)23-12-13-24-20(26)18(28-21(24)27)14-15-6-2-1-3-7-15/h1-9,14H,10-13H2,(H,23,25)/b18-14-. The molecular weight excluding hydrogens is 379 g/mol. The average molecular weight is 398 g/mol. The lowest BCUT2D eigenvalue weighted by molar-refractivity contribution is -0.124. The smallest absolute Gasteiger partial charge is 0.293 e. The molecule has 0 atom stereocenters. The van der Waals surface area contributed by atoms with Crippen molar-refractivity contribution in [1.29, 1.82) is 0 Å². The van der Waals surface area contributed by atoms with E-state index in [-0.39, 0.29) is 42.4 Å². The quantitative estimate of drug-likeness (QED) is 0.724. The van der Waals surface area contributed by atoms with Gasteiger partial charge in [0.2, 0.25) is 5.91 Å². The lowest BCUT2D eigenvalue weighted by atomic mass is 10.1. The van der Waals surface area contributed by atoms with Crippen LogP contribution >= 0.6 is 11.8 Å². The van der Waals surface area contributed by atoms with Crippen LogP contribution in [0.15, 0.2) is 59.5 Å². The second kappa shape index (κ2) is 9.32. The Morgan fingerprint density at radius 1 is 1.07 bits per heavy atom. The highest BCUT2D eigenvalue weighted by molar-refractivity contribution is 8.18. The summed E-state index contributed by atoms with van der Waals surface area (Å²) in [5.41, 5.74) is 1.32. The largest absolute Gasteiger partial charge is 0.354 e. The molecule has 1 aliphatic heterocycles. The zero-order valence-corrected chi connectivity index (χ0v) is 15.9. The van der Waals surface area contributed by atoms with Crippen LogP contribution in [0, 0.1) is 5.82 Å². The fraction of sp³-hybridized carbons (Fsp3) is 0.190. The third-order valence-electron chi connectivity index (χ3n) is 4.21. The summed E-state index contributed by atoms with van der Waals surface area (Å²) in [7, 11) is 0. The third kappa shape index (κ3) is 5.07. The molecule has 3 amide bonds. The molecule has 0 spiro atoms. The van der Waals surface area contributed by atoms with Crippen LogP contribution in [0.3, 0.4) is 0 Å². The van der Waals surface area contributed by atoms with Gasteiger partial charge in [-0.15, -0.1) is 0 Å². The van der Waals surface area contributed by atoms with Gasteiger partial charge in [0, 0.05) is 19.5 Å². The van der Waals surface area contributed by atoms with Crippen molar-refractivity contribution in [3.8, 4) is 0 Å². The molecule has 2 aromatic rings. The first-order valence-corrected chi connectivity index (χ1v) is 9.67. The topological polar surface area (TPSA) is 66.5 Å². The number of amides is 3. The molecule has 2 aromatic carbocycles. The normalized spacial score (nSPS) is 15.3. The highest BCUT2D eigenvalue weighted by Crippen LogP contribution is 2.31. The van der Waals surface area contributed by atoms with Crippen molar-refractivity contribution in [2.45, 2.75) is 12.8 Å². The van der Waals surface area contributed by atoms with Crippen molar-refractivity contribution >= 4 is 34.9 Å². The molecule has 1 fully saturated rings. The van der Waals surface area contributed by atoms with Gasteiger partial charge in [-0.2, -0.15) is 0 Å². The van der Waals surface area contributed by atoms with E-state index in [1.54, 1.807) is 24.3 Å². The first kappa shape index (κ1) is 19.8. The van der Waals surface area contributed by atoms with Crippen molar-refractivity contribution in [3.63, 3.8) is 0 Å². The monoisotopic (exact) mass is 398 g/mol. The first-order valence-electron chi connectivity index (χ1n) is 8.85. The average Bonchev–Trinajstić information content (AvgIpc) is 2.95. The summed E-state index contributed by atoms with van der Waals surface area (Å²) in [4.78, 5) is 37.9. The van der Waals surface area contributed by atoms with E-state index < -0.39 is 0 Å². The van der Waals surface area contributed by atoms with E-state index in [9.17, 15) is 18.8 Å². The van der Waals surface area contributed by atoms with E-state index >= 15 is 0 Å². The van der Waals surface area contributed by atoms with Crippen LogP contribution in [0.2, 0.25) is 0 Å². The number of nitrogens with zero attached hydrogens (tertiary/aromatic N) is 1. The van der Waals surface area contributed by atoms with Gasteiger partial charge in [-0.1, -0.05) is 48.5 Å². The van der Waals surface area contributed by atoms with Crippen LogP contribution in [0.4, 0.5) is 9.18 Å². The van der Waals surface area contributed by atoms with Crippen LogP contribution in [0.25, 0.3) is 6.08 Å². The van der Waals surface area contributed by atoms with Crippen molar-refractivity contribution in [2.75, 3.05) is 13.1 Å². The molecular formula is C21H19FN2O3S. The summed E-state index contributed by atoms with van der Waals surface area (Å²) in [5.74, 6) is -0.951. The predicted molar refractivity (Wildman–Crippen MR) is 107 cm³/mol. The lowest BCUT2D eigenvalue weighted by Crippen LogP contribution is -2.37. The number of nitrogens with one attached hydrogen (secondary N) is 1. The van der Waals surface area contributed by atoms with E-state index in [0.717, 1.165) is 22.2 Å². The van der Waals surface area contributed by atoms with Crippen LogP contribution in [-0.2, 0) is 16.0 Å². The Balaban J connectivity index is 1.47. The van der Waals surface area contributed by atoms with Gasteiger partial charge in [0.15, 0.2) is 0 Å². The molecule has 0 aromatic heterocycles. The molecule has 3 rings (SSSR count). The minimum absolute atomic E-state index is 0.0994. The molecule has 5 nitrogen and oxygen atoms in total. The molecule has 28 heavy (non-hydrogen) atoms. The molecule has 0 radical (unpaired) electrons. The summed E-state index contributed by atoms with van der Waals surface area (Å²) >= 11 is 0.889. The molecule has 0 aliphatic carbocycles. The van der Waals surface area contributed by atoms with Gasteiger partial charge in [-0.3, -0.25) is 19.3 Å². The third-order valence-corrected chi connectivity index (χ3v) is 5.12. The summed E-state index contributed by atoms with van der Waals surface area (Å²) < 4.78 is 13.6. The Bertz CT molecular complexity index is 915. The van der Waals surface area contributed by atoms with Gasteiger partial charge >= 0.3 is 0 Å². The van der Waals surface area contributed by atoms with Crippen molar-refractivity contribution in [1.82, 2.24) is 10.2 Å². The number of imide groups is 1. The Kier molecular flexibility index (Phi) is 6.60. The summed E-state index contributed by atoms with van der Waals surface area (Å²) in [5, 5.41) is 2.31. The fourth-order valence-electron chi connectivity index (χ4n) is 2.74. The predicted octanol–water partition coefficient (Wildman–Crippen LogP) is 3.61. The summed E-state index contributed by atoms with van der Waals surface area (Å²) in [6, 6.07) is 15.6. The van der Waals surface area contributed by atoms with E-state index in [4.69, 9.17) is 0 Å². The van der Waals surface area contributed by atoms with Crippen LogP contribution in [0.1, 0.15) is 17.5 Å². The first-order chi connectivity index (χ1) is 13.5.